The van der Waals surface area contributed by atoms with Crippen molar-refractivity contribution in [2.24, 2.45) is 11.7 Å². The second kappa shape index (κ2) is 1.65. The Kier molecular flexibility index (Phi) is 1.23. The summed E-state index contributed by atoms with van der Waals surface area (Å²) in [6.07, 6.45) is 0.539. The monoisotopic (exact) mass is 121 g/mol. The first kappa shape index (κ1) is 5.95. The predicted octanol–water partition coefficient (Wildman–Crippen LogP) is 0.990. The minimum absolute atomic E-state index is 0.0597. The molecule has 1 aliphatic carbocycles. The zero-order valence-electron chi connectivity index (χ0n) is 4.53. The Bertz CT molecular complexity index is 92.4. The fourth-order valence-corrected chi connectivity index (χ4v) is 0.784. The van der Waals surface area contributed by atoms with Gasteiger partial charge in [0.2, 0.25) is 0 Å². The maximum Gasteiger partial charge on any atom is 0.251 e. The third-order valence-corrected chi connectivity index (χ3v) is 1.47. The van der Waals surface area contributed by atoms with Gasteiger partial charge in [0, 0.05) is 12.3 Å². The van der Waals surface area contributed by atoms with Crippen molar-refractivity contribution in [3.8, 4) is 0 Å². The third kappa shape index (κ3) is 0.968. The number of hydrogen-bond acceptors (Lipinski definition) is 1. The molecule has 0 saturated heterocycles. The normalized spacial score (nSPS) is 32.6. The first-order chi connectivity index (χ1) is 3.67. The molecule has 8 heavy (non-hydrogen) atoms. The average molecular weight is 121 g/mol. The Morgan fingerprint density at radius 3 is 2.25 bits per heavy atom. The van der Waals surface area contributed by atoms with Crippen LogP contribution >= 0.6 is 0 Å². The molecule has 0 aliphatic heterocycles. The Morgan fingerprint density at radius 1 is 1.62 bits per heavy atom. The van der Waals surface area contributed by atoms with Crippen LogP contribution in [0.5, 0.6) is 0 Å². The Balaban J connectivity index is 2.17. The maximum absolute atomic E-state index is 11.9. The lowest BCUT2D eigenvalue weighted by atomic mass is 10.3. The van der Waals surface area contributed by atoms with Crippen molar-refractivity contribution in [2.75, 3.05) is 6.54 Å². The van der Waals surface area contributed by atoms with E-state index in [2.05, 4.69) is 0 Å². The fraction of sp³-hybridized carbons (Fsp3) is 1.00. The highest BCUT2D eigenvalue weighted by molar-refractivity contribution is 4.94. The van der Waals surface area contributed by atoms with Gasteiger partial charge in [0.15, 0.2) is 0 Å². The van der Waals surface area contributed by atoms with Crippen LogP contribution in [0.1, 0.15) is 12.8 Å². The average Bonchev–Trinajstić information content (AvgIpc) is 2.15. The lowest BCUT2D eigenvalue weighted by Crippen LogP contribution is -2.03. The molecule has 0 unspecified atom stereocenters. The van der Waals surface area contributed by atoms with Gasteiger partial charge in [-0.15, -0.1) is 0 Å². The Hall–Kier alpha value is -0.180. The van der Waals surface area contributed by atoms with Crippen LogP contribution in [0.4, 0.5) is 8.78 Å². The van der Waals surface area contributed by atoms with Gasteiger partial charge in [-0.2, -0.15) is 0 Å². The highest BCUT2D eigenvalue weighted by atomic mass is 19.3. The number of rotatable bonds is 2. The molecule has 0 aromatic carbocycles. The minimum atomic E-state index is -2.36. The highest BCUT2D eigenvalue weighted by Crippen LogP contribution is 2.50. The van der Waals surface area contributed by atoms with Crippen LogP contribution in [0.25, 0.3) is 0 Å². The van der Waals surface area contributed by atoms with Gasteiger partial charge in [0.1, 0.15) is 0 Å². The fourth-order valence-electron chi connectivity index (χ4n) is 0.784. The van der Waals surface area contributed by atoms with E-state index in [0.717, 1.165) is 0 Å². The van der Waals surface area contributed by atoms with E-state index < -0.39 is 11.8 Å². The quantitative estimate of drug-likeness (QED) is 0.579. The van der Waals surface area contributed by atoms with E-state index in [-0.39, 0.29) is 6.42 Å². The maximum atomic E-state index is 11.9. The van der Waals surface area contributed by atoms with Crippen LogP contribution in [0.3, 0.4) is 0 Å². The van der Waals surface area contributed by atoms with Gasteiger partial charge in [0.25, 0.3) is 5.92 Å². The molecule has 1 fully saturated rings. The summed E-state index contributed by atoms with van der Waals surface area (Å²) >= 11 is 0. The summed E-state index contributed by atoms with van der Waals surface area (Å²) in [5.41, 5.74) is 5.06. The number of halogens is 2. The summed E-state index contributed by atoms with van der Waals surface area (Å²) < 4.78 is 23.9. The van der Waals surface area contributed by atoms with E-state index >= 15 is 0 Å². The second-order valence-electron chi connectivity index (χ2n) is 2.24. The number of hydrogen-bond donors (Lipinski definition) is 1. The first-order valence-corrected chi connectivity index (χ1v) is 2.74. The van der Waals surface area contributed by atoms with Crippen molar-refractivity contribution in [3.05, 3.63) is 0 Å². The van der Waals surface area contributed by atoms with Gasteiger partial charge in [-0.05, 0) is 13.0 Å². The standard InChI is InChI=1S/C5H9F2N/c6-5(7)3-4(5)1-2-8/h4H,1-3,8H2/t4-/m1/s1. The van der Waals surface area contributed by atoms with E-state index in [0.29, 0.717) is 13.0 Å². The van der Waals surface area contributed by atoms with E-state index in [1.165, 1.54) is 0 Å². The van der Waals surface area contributed by atoms with Crippen LogP contribution in [-0.2, 0) is 0 Å². The van der Waals surface area contributed by atoms with Gasteiger partial charge in [-0.1, -0.05) is 0 Å². The van der Waals surface area contributed by atoms with E-state index in [9.17, 15) is 8.78 Å². The summed E-state index contributed by atoms with van der Waals surface area (Å²) in [7, 11) is 0. The van der Waals surface area contributed by atoms with Crippen molar-refractivity contribution in [1.29, 1.82) is 0 Å². The summed E-state index contributed by atoms with van der Waals surface area (Å²) in [4.78, 5) is 0. The molecule has 3 heteroatoms. The third-order valence-electron chi connectivity index (χ3n) is 1.47. The highest BCUT2D eigenvalue weighted by Gasteiger charge is 2.55. The molecule has 0 radical (unpaired) electrons. The van der Waals surface area contributed by atoms with Crippen molar-refractivity contribution < 1.29 is 8.78 Å². The van der Waals surface area contributed by atoms with E-state index in [1.807, 2.05) is 0 Å². The molecule has 1 aliphatic rings. The molecule has 1 atom stereocenters. The van der Waals surface area contributed by atoms with Crippen LogP contribution in [-0.4, -0.2) is 12.5 Å². The molecule has 0 amide bonds. The summed E-state index contributed by atoms with van der Waals surface area (Å²) in [6, 6.07) is 0. The molecule has 0 heterocycles. The molecule has 1 rings (SSSR count). The van der Waals surface area contributed by atoms with Gasteiger partial charge in [0.05, 0.1) is 0 Å². The number of nitrogens with two attached hydrogens (primary N) is 1. The first-order valence-electron chi connectivity index (χ1n) is 2.74. The zero-order valence-corrected chi connectivity index (χ0v) is 4.53. The largest absolute Gasteiger partial charge is 0.330 e. The molecule has 2 N–H and O–H groups in total. The van der Waals surface area contributed by atoms with Gasteiger partial charge >= 0.3 is 0 Å². The van der Waals surface area contributed by atoms with E-state index in [1.54, 1.807) is 0 Å². The zero-order chi connectivity index (χ0) is 6.20. The Labute approximate surface area is 46.9 Å². The summed E-state index contributed by atoms with van der Waals surface area (Å²) in [5, 5.41) is 0. The van der Waals surface area contributed by atoms with Crippen LogP contribution < -0.4 is 5.73 Å². The second-order valence-corrected chi connectivity index (χ2v) is 2.24. The van der Waals surface area contributed by atoms with Crippen LogP contribution in [0.15, 0.2) is 0 Å². The van der Waals surface area contributed by atoms with Crippen LogP contribution in [0, 0.1) is 5.92 Å². The molecule has 0 aromatic heterocycles. The van der Waals surface area contributed by atoms with Crippen molar-refractivity contribution in [3.63, 3.8) is 0 Å². The van der Waals surface area contributed by atoms with Gasteiger partial charge < -0.3 is 5.73 Å². The Morgan fingerprint density at radius 2 is 2.12 bits per heavy atom. The molecule has 0 bridgehead atoms. The molecular weight excluding hydrogens is 112 g/mol. The lowest BCUT2D eigenvalue weighted by molar-refractivity contribution is 0.0975. The van der Waals surface area contributed by atoms with Crippen molar-refractivity contribution in [2.45, 2.75) is 18.8 Å². The van der Waals surface area contributed by atoms with E-state index in [4.69, 9.17) is 5.73 Å². The number of alkyl halides is 2. The smallest absolute Gasteiger partial charge is 0.251 e. The lowest BCUT2D eigenvalue weighted by Gasteiger charge is -1.91. The predicted molar refractivity (Wildman–Crippen MR) is 26.7 cm³/mol. The SMILES string of the molecule is NCC[C@@H]1CC1(F)F. The molecule has 1 nitrogen and oxygen atoms in total. The minimum Gasteiger partial charge on any atom is -0.330 e. The molecular formula is C5H9F2N. The molecule has 48 valence electrons. The van der Waals surface area contributed by atoms with Gasteiger partial charge in [-0.25, -0.2) is 8.78 Å². The molecule has 0 spiro atoms. The van der Waals surface area contributed by atoms with Crippen LogP contribution in [0.2, 0.25) is 0 Å². The van der Waals surface area contributed by atoms with Crippen molar-refractivity contribution >= 4 is 0 Å². The topological polar surface area (TPSA) is 26.0 Å². The molecule has 0 aromatic rings. The van der Waals surface area contributed by atoms with Crippen molar-refractivity contribution in [1.82, 2.24) is 0 Å². The summed E-state index contributed by atoms with van der Waals surface area (Å²) in [5.74, 6) is -2.76. The van der Waals surface area contributed by atoms with Gasteiger partial charge in [-0.3, -0.25) is 0 Å². The summed E-state index contributed by atoms with van der Waals surface area (Å²) in [6.45, 7) is 0.389. The molecule has 1 saturated carbocycles.